The number of fused-ring (bicyclic) bond motifs is 1. The van der Waals surface area contributed by atoms with E-state index >= 15 is 0 Å². The number of benzene rings is 1. The molecule has 1 aliphatic heterocycles. The average molecular weight is 298 g/mol. The van der Waals surface area contributed by atoms with Crippen molar-refractivity contribution < 1.29 is 9.53 Å². The molecule has 1 aromatic carbocycles. The fourth-order valence-corrected chi connectivity index (χ4v) is 2.58. The minimum absolute atomic E-state index is 0.0455. The molecule has 0 aliphatic carbocycles. The zero-order chi connectivity index (χ0) is 15.4. The lowest BCUT2D eigenvalue weighted by Gasteiger charge is -2.25. The van der Waals surface area contributed by atoms with Gasteiger partial charge in [-0.25, -0.2) is 0 Å². The van der Waals surface area contributed by atoms with Crippen molar-refractivity contribution in [3.8, 4) is 5.75 Å². The van der Waals surface area contributed by atoms with Gasteiger partial charge in [0.15, 0.2) is 0 Å². The van der Waals surface area contributed by atoms with Crippen LogP contribution in [0.5, 0.6) is 5.75 Å². The molecule has 3 rings (SSSR count). The number of carbonyl (C=O) groups is 1. The van der Waals surface area contributed by atoms with Gasteiger partial charge in [-0.2, -0.15) is 0 Å². The maximum absolute atomic E-state index is 11.9. The second-order valence-electron chi connectivity index (χ2n) is 5.46. The molecule has 1 atom stereocenters. The predicted octanol–water partition coefficient (Wildman–Crippen LogP) is 1.22. The van der Waals surface area contributed by atoms with E-state index in [-0.39, 0.29) is 23.9 Å². The number of nitrogens with zero attached hydrogens (tertiary/aromatic N) is 1. The molecule has 0 saturated heterocycles. The number of amides is 1. The summed E-state index contributed by atoms with van der Waals surface area (Å²) >= 11 is 0. The van der Waals surface area contributed by atoms with Gasteiger partial charge in [0.25, 0.3) is 5.56 Å². The van der Waals surface area contributed by atoms with Crippen LogP contribution in [0.15, 0.2) is 53.5 Å². The molecule has 2 aromatic rings. The Kier molecular flexibility index (Phi) is 4.23. The molecule has 1 N–H and O–H groups in total. The lowest BCUT2D eigenvalue weighted by molar-refractivity contribution is -0.121. The summed E-state index contributed by atoms with van der Waals surface area (Å²) in [4.78, 5) is 23.5. The lowest BCUT2D eigenvalue weighted by Crippen LogP contribution is -2.37. The molecule has 5 heteroatoms. The molecule has 0 saturated carbocycles. The Hall–Kier alpha value is -2.56. The number of hydrogen-bond donors (Lipinski definition) is 1. The third kappa shape index (κ3) is 3.36. The molecule has 0 fully saturated rings. The molecule has 1 aliphatic rings. The van der Waals surface area contributed by atoms with E-state index in [1.54, 1.807) is 18.3 Å². The number of rotatable bonds is 4. The normalized spacial score (nSPS) is 16.5. The molecule has 5 nitrogen and oxygen atoms in total. The van der Waals surface area contributed by atoms with E-state index in [2.05, 4.69) is 5.32 Å². The lowest BCUT2D eigenvalue weighted by atomic mass is 9.97. The van der Waals surface area contributed by atoms with Crippen LogP contribution in [0.3, 0.4) is 0 Å². The molecule has 0 bridgehead atoms. The summed E-state index contributed by atoms with van der Waals surface area (Å²) in [5.74, 6) is 1.03. The van der Waals surface area contributed by atoms with Crippen molar-refractivity contribution in [2.75, 3.05) is 13.2 Å². The van der Waals surface area contributed by atoms with Crippen molar-refractivity contribution in [2.24, 2.45) is 5.92 Å². The predicted molar refractivity (Wildman–Crippen MR) is 82.8 cm³/mol. The number of carbonyl (C=O) groups excluding carboxylic acids is 1. The minimum atomic E-state index is -0.174. The van der Waals surface area contributed by atoms with Gasteiger partial charge in [-0.1, -0.05) is 24.3 Å². The topological polar surface area (TPSA) is 60.3 Å². The highest BCUT2D eigenvalue weighted by Crippen LogP contribution is 2.26. The number of pyridine rings is 1. The smallest absolute Gasteiger partial charge is 0.250 e. The number of nitrogens with one attached hydrogen (secondary N) is 1. The Morgan fingerprint density at radius 3 is 2.91 bits per heavy atom. The van der Waals surface area contributed by atoms with Gasteiger partial charge in [-0.3, -0.25) is 9.59 Å². The molecule has 0 spiro atoms. The van der Waals surface area contributed by atoms with Gasteiger partial charge in [0, 0.05) is 24.7 Å². The Morgan fingerprint density at radius 1 is 1.23 bits per heavy atom. The second kappa shape index (κ2) is 6.47. The van der Waals surface area contributed by atoms with Crippen LogP contribution in [-0.2, 0) is 17.8 Å². The molecular weight excluding hydrogens is 280 g/mol. The van der Waals surface area contributed by atoms with Gasteiger partial charge in [-0.15, -0.1) is 0 Å². The third-order valence-electron chi connectivity index (χ3n) is 3.76. The van der Waals surface area contributed by atoms with Crippen molar-refractivity contribution >= 4 is 5.91 Å². The second-order valence-corrected chi connectivity index (χ2v) is 5.46. The van der Waals surface area contributed by atoms with Crippen molar-refractivity contribution in [1.29, 1.82) is 0 Å². The zero-order valence-corrected chi connectivity index (χ0v) is 12.2. The SMILES string of the molecule is O=C(Cn1ccccc1=O)NC[C@H]1COc2ccccc2C1. The highest BCUT2D eigenvalue weighted by Gasteiger charge is 2.19. The molecule has 114 valence electrons. The Labute approximate surface area is 128 Å². The molecule has 22 heavy (non-hydrogen) atoms. The first-order valence-corrected chi connectivity index (χ1v) is 7.35. The molecule has 1 amide bonds. The molecule has 0 unspecified atom stereocenters. The van der Waals surface area contributed by atoms with E-state index in [9.17, 15) is 9.59 Å². The average Bonchev–Trinajstić information content (AvgIpc) is 2.55. The maximum atomic E-state index is 11.9. The Bertz CT molecular complexity index is 724. The van der Waals surface area contributed by atoms with Gasteiger partial charge in [0.05, 0.1) is 6.61 Å². The van der Waals surface area contributed by atoms with Crippen molar-refractivity contribution in [2.45, 2.75) is 13.0 Å². The Morgan fingerprint density at radius 2 is 2.05 bits per heavy atom. The summed E-state index contributed by atoms with van der Waals surface area (Å²) in [5, 5.41) is 2.88. The van der Waals surface area contributed by atoms with Crippen LogP contribution < -0.4 is 15.6 Å². The summed E-state index contributed by atoms with van der Waals surface area (Å²) in [6.45, 7) is 1.20. The van der Waals surface area contributed by atoms with E-state index < -0.39 is 0 Å². The van der Waals surface area contributed by atoms with Crippen LogP contribution >= 0.6 is 0 Å². The minimum Gasteiger partial charge on any atom is -0.493 e. The van der Waals surface area contributed by atoms with Crippen molar-refractivity contribution in [3.05, 3.63) is 64.6 Å². The summed E-state index contributed by atoms with van der Waals surface area (Å²) in [5.41, 5.74) is 1.000. The van der Waals surface area contributed by atoms with E-state index in [4.69, 9.17) is 4.74 Å². The molecule has 2 heterocycles. The number of hydrogen-bond acceptors (Lipinski definition) is 3. The van der Waals surface area contributed by atoms with Gasteiger partial charge in [0.1, 0.15) is 12.3 Å². The molecule has 0 radical (unpaired) electrons. The van der Waals surface area contributed by atoms with Crippen molar-refractivity contribution in [3.63, 3.8) is 0 Å². The van der Waals surface area contributed by atoms with Crippen molar-refractivity contribution in [1.82, 2.24) is 9.88 Å². The summed E-state index contributed by atoms with van der Waals surface area (Å²) in [7, 11) is 0. The first-order chi connectivity index (χ1) is 10.7. The fraction of sp³-hybridized carbons (Fsp3) is 0.294. The third-order valence-corrected chi connectivity index (χ3v) is 3.76. The van der Waals surface area contributed by atoms with Crippen LogP contribution in [0.4, 0.5) is 0 Å². The first kappa shape index (κ1) is 14.4. The monoisotopic (exact) mass is 298 g/mol. The van der Waals surface area contributed by atoms with Gasteiger partial charge >= 0.3 is 0 Å². The van der Waals surface area contributed by atoms with E-state index in [0.717, 1.165) is 12.2 Å². The summed E-state index contributed by atoms with van der Waals surface area (Å²) < 4.78 is 7.09. The van der Waals surface area contributed by atoms with Crippen LogP contribution in [0.1, 0.15) is 5.56 Å². The standard InChI is InChI=1S/C17H18N2O3/c20-16(11-19-8-4-3-7-17(19)21)18-10-13-9-14-5-1-2-6-15(14)22-12-13/h1-8,13H,9-12H2,(H,18,20)/t13-/m0/s1. The Balaban J connectivity index is 1.52. The van der Waals surface area contributed by atoms with Crippen LogP contribution in [-0.4, -0.2) is 23.6 Å². The summed E-state index contributed by atoms with van der Waals surface area (Å²) in [6, 6.07) is 12.8. The zero-order valence-electron chi connectivity index (χ0n) is 12.2. The number of aromatic nitrogens is 1. The maximum Gasteiger partial charge on any atom is 0.250 e. The quantitative estimate of drug-likeness (QED) is 0.923. The number of ether oxygens (including phenoxy) is 1. The molecular formula is C17H18N2O3. The van der Waals surface area contributed by atoms with E-state index in [0.29, 0.717) is 13.2 Å². The van der Waals surface area contributed by atoms with Gasteiger partial charge in [0.2, 0.25) is 5.91 Å². The largest absolute Gasteiger partial charge is 0.493 e. The highest BCUT2D eigenvalue weighted by molar-refractivity contribution is 5.75. The number of para-hydroxylation sites is 1. The van der Waals surface area contributed by atoms with Crippen LogP contribution in [0.2, 0.25) is 0 Å². The first-order valence-electron chi connectivity index (χ1n) is 7.35. The van der Waals surface area contributed by atoms with Gasteiger partial charge in [-0.05, 0) is 24.1 Å². The van der Waals surface area contributed by atoms with E-state index in [1.807, 2.05) is 24.3 Å². The fourth-order valence-electron chi connectivity index (χ4n) is 2.58. The summed E-state index contributed by atoms with van der Waals surface area (Å²) in [6.07, 6.45) is 2.50. The van der Waals surface area contributed by atoms with Crippen LogP contribution in [0.25, 0.3) is 0 Å². The van der Waals surface area contributed by atoms with Crippen LogP contribution in [0, 0.1) is 5.92 Å². The van der Waals surface area contributed by atoms with E-state index in [1.165, 1.54) is 16.2 Å². The highest BCUT2D eigenvalue weighted by atomic mass is 16.5. The molecule has 1 aromatic heterocycles. The van der Waals surface area contributed by atoms with Gasteiger partial charge < -0.3 is 14.6 Å².